The van der Waals surface area contributed by atoms with Crippen LogP contribution in [-0.4, -0.2) is 19.8 Å². The first-order valence-corrected chi connectivity index (χ1v) is 9.09. The van der Waals surface area contributed by atoms with Crippen LogP contribution < -0.4 is 14.8 Å². The van der Waals surface area contributed by atoms with Gasteiger partial charge in [0.1, 0.15) is 18.1 Å². The van der Waals surface area contributed by atoms with Gasteiger partial charge in [-0.25, -0.2) is 0 Å². The molecule has 0 saturated carbocycles. The van der Waals surface area contributed by atoms with E-state index in [-0.39, 0.29) is 0 Å². The van der Waals surface area contributed by atoms with Crippen LogP contribution in [0, 0.1) is 0 Å². The molecule has 0 amide bonds. The largest absolute Gasteiger partial charge is 0.494 e. The third-order valence-corrected chi connectivity index (χ3v) is 4.00. The van der Waals surface area contributed by atoms with Crippen LogP contribution >= 0.6 is 0 Å². The van der Waals surface area contributed by atoms with Crippen LogP contribution in [0.5, 0.6) is 11.5 Å². The highest BCUT2D eigenvalue weighted by molar-refractivity contribution is 5.48. The minimum absolute atomic E-state index is 0.617. The van der Waals surface area contributed by atoms with E-state index in [1.165, 1.54) is 5.56 Å². The number of rotatable bonds is 10. The Kier molecular flexibility index (Phi) is 6.97. The number of aryl methyl sites for hydroxylation is 1. The van der Waals surface area contributed by atoms with E-state index in [0.717, 1.165) is 43.2 Å². The first kappa shape index (κ1) is 17.9. The zero-order valence-electron chi connectivity index (χ0n) is 14.9. The van der Waals surface area contributed by atoms with Crippen LogP contribution in [-0.2, 0) is 6.42 Å². The number of hydrogen-bond donors (Lipinski definition) is 1. The van der Waals surface area contributed by atoms with Gasteiger partial charge >= 0.3 is 0 Å². The molecule has 0 aromatic heterocycles. The SMILES string of the molecule is c1ccc(CCCOc2cccc(NCCOc3ccccc3)c2)cc1. The van der Waals surface area contributed by atoms with E-state index in [9.17, 15) is 0 Å². The zero-order chi connectivity index (χ0) is 17.9. The maximum Gasteiger partial charge on any atom is 0.121 e. The normalized spacial score (nSPS) is 10.3. The number of hydrogen-bond acceptors (Lipinski definition) is 3. The minimum Gasteiger partial charge on any atom is -0.494 e. The molecule has 3 nitrogen and oxygen atoms in total. The molecule has 0 fully saturated rings. The van der Waals surface area contributed by atoms with Gasteiger partial charge in [-0.2, -0.15) is 0 Å². The lowest BCUT2D eigenvalue weighted by Crippen LogP contribution is -2.11. The molecule has 0 saturated heterocycles. The molecule has 0 aliphatic carbocycles. The van der Waals surface area contributed by atoms with Crippen molar-refractivity contribution in [1.82, 2.24) is 0 Å². The van der Waals surface area contributed by atoms with Crippen molar-refractivity contribution in [3.8, 4) is 11.5 Å². The Hall–Kier alpha value is -2.94. The predicted octanol–water partition coefficient (Wildman–Crippen LogP) is 5.19. The van der Waals surface area contributed by atoms with Gasteiger partial charge < -0.3 is 14.8 Å². The van der Waals surface area contributed by atoms with E-state index in [1.807, 2.05) is 60.7 Å². The van der Waals surface area contributed by atoms with E-state index in [4.69, 9.17) is 9.47 Å². The molecule has 3 heteroatoms. The predicted molar refractivity (Wildman–Crippen MR) is 107 cm³/mol. The average Bonchev–Trinajstić information content (AvgIpc) is 2.71. The average molecular weight is 347 g/mol. The lowest BCUT2D eigenvalue weighted by atomic mass is 10.1. The van der Waals surface area contributed by atoms with Gasteiger partial charge in [0.05, 0.1) is 6.61 Å². The Balaban J connectivity index is 1.36. The van der Waals surface area contributed by atoms with E-state index >= 15 is 0 Å². The van der Waals surface area contributed by atoms with Crippen LogP contribution in [0.1, 0.15) is 12.0 Å². The van der Waals surface area contributed by atoms with Gasteiger partial charge in [0.15, 0.2) is 0 Å². The van der Waals surface area contributed by atoms with Crippen LogP contribution in [0.3, 0.4) is 0 Å². The summed E-state index contributed by atoms with van der Waals surface area (Å²) in [6, 6.07) is 28.4. The molecular weight excluding hydrogens is 322 g/mol. The first-order valence-electron chi connectivity index (χ1n) is 9.09. The molecule has 0 heterocycles. The Morgan fingerprint density at radius 2 is 1.35 bits per heavy atom. The van der Waals surface area contributed by atoms with Crippen molar-refractivity contribution in [2.75, 3.05) is 25.1 Å². The van der Waals surface area contributed by atoms with Gasteiger partial charge in [0.25, 0.3) is 0 Å². The third-order valence-electron chi connectivity index (χ3n) is 4.00. The molecule has 3 aromatic carbocycles. The number of ether oxygens (including phenoxy) is 2. The summed E-state index contributed by atoms with van der Waals surface area (Å²) < 4.78 is 11.6. The summed E-state index contributed by atoms with van der Waals surface area (Å²) in [5.41, 5.74) is 2.40. The summed E-state index contributed by atoms with van der Waals surface area (Å²) in [7, 11) is 0. The maximum atomic E-state index is 5.87. The van der Waals surface area contributed by atoms with Gasteiger partial charge in [0.2, 0.25) is 0 Å². The highest BCUT2D eigenvalue weighted by atomic mass is 16.5. The molecule has 0 aliphatic heterocycles. The van der Waals surface area contributed by atoms with Crippen molar-refractivity contribution < 1.29 is 9.47 Å². The molecule has 0 radical (unpaired) electrons. The minimum atomic E-state index is 0.617. The van der Waals surface area contributed by atoms with E-state index in [2.05, 4.69) is 29.6 Å². The fraction of sp³-hybridized carbons (Fsp3) is 0.217. The quantitative estimate of drug-likeness (QED) is 0.512. The second-order valence-corrected chi connectivity index (χ2v) is 6.05. The Morgan fingerprint density at radius 3 is 2.15 bits per heavy atom. The summed E-state index contributed by atoms with van der Waals surface area (Å²) in [6.07, 6.45) is 2.04. The van der Waals surface area contributed by atoms with Crippen LogP contribution in [0.25, 0.3) is 0 Å². The monoisotopic (exact) mass is 347 g/mol. The van der Waals surface area contributed by atoms with Gasteiger partial charge in [-0.05, 0) is 42.7 Å². The van der Waals surface area contributed by atoms with E-state index in [0.29, 0.717) is 6.61 Å². The van der Waals surface area contributed by atoms with E-state index < -0.39 is 0 Å². The molecule has 0 spiro atoms. The highest BCUT2D eigenvalue weighted by Gasteiger charge is 1.98. The van der Waals surface area contributed by atoms with Crippen molar-refractivity contribution in [2.45, 2.75) is 12.8 Å². The summed E-state index contributed by atoms with van der Waals surface area (Å²) >= 11 is 0. The first-order chi connectivity index (χ1) is 12.9. The van der Waals surface area contributed by atoms with Crippen LogP contribution in [0.2, 0.25) is 0 Å². The van der Waals surface area contributed by atoms with Crippen molar-refractivity contribution in [2.24, 2.45) is 0 Å². The molecule has 0 atom stereocenters. The van der Waals surface area contributed by atoms with E-state index in [1.54, 1.807) is 0 Å². The molecule has 134 valence electrons. The van der Waals surface area contributed by atoms with Crippen LogP contribution in [0.4, 0.5) is 5.69 Å². The Bertz CT molecular complexity index is 697. The Labute approximate surface area is 155 Å². The lowest BCUT2D eigenvalue weighted by molar-refractivity contribution is 0.311. The van der Waals surface area contributed by atoms with Gasteiger partial charge in [-0.3, -0.25) is 0 Å². The molecular formula is C23H25NO2. The lowest BCUT2D eigenvalue weighted by Gasteiger charge is -2.11. The maximum absolute atomic E-state index is 5.87. The van der Waals surface area contributed by atoms with Crippen molar-refractivity contribution in [3.63, 3.8) is 0 Å². The molecule has 3 aromatic rings. The number of benzene rings is 3. The van der Waals surface area contributed by atoms with Crippen molar-refractivity contribution >= 4 is 5.69 Å². The van der Waals surface area contributed by atoms with Crippen molar-refractivity contribution in [3.05, 3.63) is 90.5 Å². The molecule has 26 heavy (non-hydrogen) atoms. The second-order valence-electron chi connectivity index (χ2n) is 6.05. The zero-order valence-corrected chi connectivity index (χ0v) is 14.9. The highest BCUT2D eigenvalue weighted by Crippen LogP contribution is 2.18. The van der Waals surface area contributed by atoms with Gasteiger partial charge in [0, 0.05) is 18.3 Å². The number of para-hydroxylation sites is 1. The topological polar surface area (TPSA) is 30.5 Å². The standard InChI is InChI=1S/C23H25NO2/c1-3-9-20(10-4-1)11-8-17-25-23-15-7-12-21(19-23)24-16-18-26-22-13-5-2-6-14-22/h1-7,9-10,12-15,19,24H,8,11,16-18H2. The third kappa shape index (κ3) is 6.17. The smallest absolute Gasteiger partial charge is 0.121 e. The summed E-state index contributed by atoms with van der Waals surface area (Å²) in [5, 5.41) is 3.37. The molecule has 0 aliphatic rings. The number of anilines is 1. The molecule has 0 bridgehead atoms. The summed E-state index contributed by atoms with van der Waals surface area (Å²) in [4.78, 5) is 0. The number of nitrogens with one attached hydrogen (secondary N) is 1. The fourth-order valence-corrected chi connectivity index (χ4v) is 2.69. The molecule has 3 rings (SSSR count). The van der Waals surface area contributed by atoms with Gasteiger partial charge in [-0.1, -0.05) is 54.6 Å². The van der Waals surface area contributed by atoms with Crippen molar-refractivity contribution in [1.29, 1.82) is 0 Å². The van der Waals surface area contributed by atoms with Gasteiger partial charge in [-0.15, -0.1) is 0 Å². The fourth-order valence-electron chi connectivity index (χ4n) is 2.69. The Morgan fingerprint density at radius 1 is 0.654 bits per heavy atom. The second kappa shape index (κ2) is 10.1. The summed E-state index contributed by atoms with van der Waals surface area (Å²) in [6.45, 7) is 2.08. The molecule has 0 unspecified atom stereocenters. The van der Waals surface area contributed by atoms with Crippen LogP contribution in [0.15, 0.2) is 84.9 Å². The summed E-state index contributed by atoms with van der Waals surface area (Å²) in [5.74, 6) is 1.79. The molecule has 1 N–H and O–H groups in total.